The molecule has 0 aliphatic carbocycles. The Morgan fingerprint density at radius 1 is 1.36 bits per heavy atom. The maximum Gasteiger partial charge on any atom is 0.310 e. The lowest BCUT2D eigenvalue weighted by molar-refractivity contribution is -0.134. The van der Waals surface area contributed by atoms with Crippen LogP contribution in [0.1, 0.15) is 34.1 Å². The van der Waals surface area contributed by atoms with Crippen molar-refractivity contribution in [2.75, 3.05) is 0 Å². The molecule has 0 spiro atoms. The molecule has 1 aromatic carbocycles. The van der Waals surface area contributed by atoms with E-state index in [1.165, 1.54) is 0 Å². The van der Waals surface area contributed by atoms with Crippen molar-refractivity contribution in [1.29, 1.82) is 0 Å². The molecule has 0 radical (unpaired) electrons. The zero-order valence-corrected chi connectivity index (χ0v) is 13.0. The van der Waals surface area contributed by atoms with Crippen LogP contribution in [0.5, 0.6) is 11.5 Å². The van der Waals surface area contributed by atoms with E-state index in [0.717, 1.165) is 10.4 Å². The predicted molar refractivity (Wildman–Crippen MR) is 84.4 cm³/mol. The fourth-order valence-electron chi connectivity index (χ4n) is 2.09. The number of ether oxygens (including phenoxy) is 2. The molecule has 2 heterocycles. The number of benzene rings is 1. The van der Waals surface area contributed by atoms with Crippen molar-refractivity contribution < 1.29 is 19.1 Å². The van der Waals surface area contributed by atoms with E-state index in [4.69, 9.17) is 9.47 Å². The second-order valence-electron chi connectivity index (χ2n) is 4.89. The number of carbonyl (C=O) groups is 2. The molecule has 0 unspecified atom stereocenters. The van der Waals surface area contributed by atoms with E-state index in [2.05, 4.69) is 0 Å². The van der Waals surface area contributed by atoms with Crippen molar-refractivity contribution in [2.45, 2.75) is 20.3 Å². The first kappa shape index (κ1) is 14.5. The summed E-state index contributed by atoms with van der Waals surface area (Å²) in [5, 5.41) is 1.97. The monoisotopic (exact) mass is 314 g/mol. The van der Waals surface area contributed by atoms with Gasteiger partial charge in [0.25, 0.3) is 0 Å². The van der Waals surface area contributed by atoms with Crippen LogP contribution in [0.3, 0.4) is 0 Å². The molecule has 0 saturated carbocycles. The molecular formula is C17H14O4S. The minimum Gasteiger partial charge on any atom is -0.452 e. The fourth-order valence-corrected chi connectivity index (χ4v) is 2.93. The summed E-state index contributed by atoms with van der Waals surface area (Å²) >= 11 is 1.55. The third-order valence-electron chi connectivity index (χ3n) is 3.33. The Labute approximate surface area is 132 Å². The molecule has 0 saturated heterocycles. The summed E-state index contributed by atoms with van der Waals surface area (Å²) in [7, 11) is 0. The summed E-state index contributed by atoms with van der Waals surface area (Å²) in [6.45, 7) is 3.71. The van der Waals surface area contributed by atoms with E-state index in [0.29, 0.717) is 29.2 Å². The summed E-state index contributed by atoms with van der Waals surface area (Å²) in [5.74, 6) is 0.615. The molecule has 4 nitrogen and oxygen atoms in total. The molecule has 1 aliphatic rings. The zero-order valence-electron chi connectivity index (χ0n) is 12.2. The molecule has 22 heavy (non-hydrogen) atoms. The zero-order chi connectivity index (χ0) is 15.7. The number of esters is 1. The normalized spacial score (nSPS) is 14.8. The molecule has 1 aromatic heterocycles. The van der Waals surface area contributed by atoms with E-state index < -0.39 is 0 Å². The summed E-state index contributed by atoms with van der Waals surface area (Å²) < 4.78 is 10.8. The van der Waals surface area contributed by atoms with Crippen molar-refractivity contribution >= 4 is 29.2 Å². The molecule has 0 atom stereocenters. The maximum absolute atomic E-state index is 12.3. The first-order chi connectivity index (χ1) is 10.6. The Morgan fingerprint density at radius 2 is 2.18 bits per heavy atom. The number of allylic oxidation sites excluding steroid dienone is 1. The topological polar surface area (TPSA) is 52.6 Å². The molecule has 0 amide bonds. The summed E-state index contributed by atoms with van der Waals surface area (Å²) in [6, 6.07) is 6.79. The second-order valence-corrected chi connectivity index (χ2v) is 5.84. The van der Waals surface area contributed by atoms with E-state index in [1.54, 1.807) is 42.5 Å². The Hall–Kier alpha value is -2.40. The van der Waals surface area contributed by atoms with Gasteiger partial charge in [-0.15, -0.1) is 11.3 Å². The number of thiophene rings is 1. The van der Waals surface area contributed by atoms with Gasteiger partial charge in [0.1, 0.15) is 11.5 Å². The van der Waals surface area contributed by atoms with Crippen LogP contribution in [-0.2, 0) is 4.79 Å². The SMILES string of the molecule is CCC(=O)Oc1ccc2c(c1)OC(=Cc1sccc1C)C2=O. The number of hydrogen-bond acceptors (Lipinski definition) is 5. The van der Waals surface area contributed by atoms with Gasteiger partial charge in [0.2, 0.25) is 5.78 Å². The fraction of sp³-hybridized carbons (Fsp3) is 0.176. The van der Waals surface area contributed by atoms with Crippen LogP contribution in [0.15, 0.2) is 35.4 Å². The Kier molecular flexibility index (Phi) is 3.81. The van der Waals surface area contributed by atoms with Gasteiger partial charge in [-0.3, -0.25) is 9.59 Å². The van der Waals surface area contributed by atoms with Gasteiger partial charge in [0, 0.05) is 23.4 Å². The highest BCUT2D eigenvalue weighted by Gasteiger charge is 2.28. The average molecular weight is 314 g/mol. The van der Waals surface area contributed by atoms with Crippen molar-refractivity contribution in [3.05, 3.63) is 51.4 Å². The second kappa shape index (κ2) is 5.77. The Morgan fingerprint density at radius 3 is 2.86 bits per heavy atom. The van der Waals surface area contributed by atoms with Gasteiger partial charge >= 0.3 is 5.97 Å². The summed E-state index contributed by atoms with van der Waals surface area (Å²) in [5.41, 5.74) is 1.58. The van der Waals surface area contributed by atoms with Crippen LogP contribution in [0.2, 0.25) is 0 Å². The molecule has 5 heteroatoms. The lowest BCUT2D eigenvalue weighted by Crippen LogP contribution is -2.05. The van der Waals surface area contributed by atoms with Crippen molar-refractivity contribution in [2.24, 2.45) is 0 Å². The summed E-state index contributed by atoms with van der Waals surface area (Å²) in [6.07, 6.45) is 2.04. The first-order valence-corrected chi connectivity index (χ1v) is 7.79. The molecule has 0 N–H and O–H groups in total. The molecule has 0 fully saturated rings. The molecule has 0 bridgehead atoms. The number of rotatable bonds is 3. The first-order valence-electron chi connectivity index (χ1n) is 6.91. The van der Waals surface area contributed by atoms with Crippen LogP contribution in [0.4, 0.5) is 0 Å². The summed E-state index contributed by atoms with van der Waals surface area (Å²) in [4.78, 5) is 24.6. The quantitative estimate of drug-likeness (QED) is 0.488. The highest BCUT2D eigenvalue weighted by atomic mass is 32.1. The van der Waals surface area contributed by atoms with E-state index in [-0.39, 0.29) is 11.8 Å². The van der Waals surface area contributed by atoms with Gasteiger partial charge < -0.3 is 9.47 Å². The van der Waals surface area contributed by atoms with E-state index in [9.17, 15) is 9.59 Å². The van der Waals surface area contributed by atoms with Gasteiger partial charge in [-0.05, 0) is 36.1 Å². The third-order valence-corrected chi connectivity index (χ3v) is 4.29. The number of hydrogen-bond donors (Lipinski definition) is 0. The molecule has 3 rings (SSSR count). The lowest BCUT2D eigenvalue weighted by Gasteiger charge is -2.03. The average Bonchev–Trinajstić information content (AvgIpc) is 3.04. The molecular weight excluding hydrogens is 300 g/mol. The van der Waals surface area contributed by atoms with Crippen LogP contribution in [0.25, 0.3) is 6.08 Å². The van der Waals surface area contributed by atoms with E-state index >= 15 is 0 Å². The number of Topliss-reactive ketones (excluding diaryl/α,β-unsaturated/α-hetero) is 1. The Bertz CT molecular complexity index is 786. The highest BCUT2D eigenvalue weighted by Crippen LogP contribution is 2.35. The van der Waals surface area contributed by atoms with Crippen molar-refractivity contribution in [1.82, 2.24) is 0 Å². The lowest BCUT2D eigenvalue weighted by atomic mass is 10.1. The third kappa shape index (κ3) is 2.67. The van der Waals surface area contributed by atoms with Gasteiger partial charge in [0.15, 0.2) is 5.76 Å². The maximum atomic E-state index is 12.3. The minimum absolute atomic E-state index is 0.156. The van der Waals surface area contributed by atoms with E-state index in [1.807, 2.05) is 18.4 Å². The highest BCUT2D eigenvalue weighted by molar-refractivity contribution is 7.11. The van der Waals surface area contributed by atoms with Crippen molar-refractivity contribution in [3.63, 3.8) is 0 Å². The number of fused-ring (bicyclic) bond motifs is 1. The molecule has 2 aromatic rings. The van der Waals surface area contributed by atoms with Gasteiger partial charge in [0.05, 0.1) is 5.56 Å². The van der Waals surface area contributed by atoms with Crippen LogP contribution < -0.4 is 9.47 Å². The molecule has 112 valence electrons. The Balaban J connectivity index is 1.89. The van der Waals surface area contributed by atoms with Gasteiger partial charge in [-0.25, -0.2) is 0 Å². The van der Waals surface area contributed by atoms with Crippen LogP contribution in [0, 0.1) is 6.92 Å². The predicted octanol–water partition coefficient (Wildman–Crippen LogP) is 3.99. The standard InChI is InChI=1S/C17H14O4S/c1-3-16(18)20-11-4-5-12-13(8-11)21-14(17(12)19)9-15-10(2)6-7-22-15/h4-9H,3H2,1-2H3. The minimum atomic E-state index is -0.325. The van der Waals surface area contributed by atoms with Crippen LogP contribution in [-0.4, -0.2) is 11.8 Å². The number of aryl methyl sites for hydroxylation is 1. The van der Waals surface area contributed by atoms with Crippen molar-refractivity contribution in [3.8, 4) is 11.5 Å². The molecule has 1 aliphatic heterocycles. The van der Waals surface area contributed by atoms with Gasteiger partial charge in [-0.2, -0.15) is 0 Å². The smallest absolute Gasteiger partial charge is 0.310 e. The number of carbonyl (C=O) groups excluding carboxylic acids is 2. The van der Waals surface area contributed by atoms with Crippen LogP contribution >= 0.6 is 11.3 Å². The van der Waals surface area contributed by atoms with Gasteiger partial charge in [-0.1, -0.05) is 6.92 Å². The number of ketones is 1. The largest absolute Gasteiger partial charge is 0.452 e.